The Kier molecular flexibility index (Phi) is 31.9. The van der Waals surface area contributed by atoms with E-state index in [9.17, 15) is 24.2 Å². The topological polar surface area (TPSA) is 131 Å². The average Bonchev–Trinajstić information content (AvgIpc) is 3.04. The van der Waals surface area contributed by atoms with Crippen LogP contribution in [0.15, 0.2) is 36.5 Å². The summed E-state index contributed by atoms with van der Waals surface area (Å²) in [7, 11) is -4.39. The van der Waals surface area contributed by atoms with E-state index in [0.717, 1.165) is 44.9 Å². The lowest BCUT2D eigenvalue weighted by Gasteiger charge is -2.15. The van der Waals surface area contributed by atoms with Crippen LogP contribution >= 0.6 is 7.82 Å². The molecule has 9 nitrogen and oxygen atoms in total. The van der Waals surface area contributed by atoms with E-state index in [1.165, 1.54) is 77.0 Å². The van der Waals surface area contributed by atoms with Gasteiger partial charge in [0.2, 0.25) is 5.91 Å². The second-order valence-corrected chi connectivity index (χ2v) is 13.3. The third kappa shape index (κ3) is 33.6. The highest BCUT2D eigenvalue weighted by atomic mass is 31.2. The number of hydrogen-bond acceptors (Lipinski definition) is 7. The van der Waals surface area contributed by atoms with Crippen molar-refractivity contribution in [3.63, 3.8) is 0 Å². The van der Waals surface area contributed by atoms with Gasteiger partial charge in [-0.25, -0.2) is 4.57 Å². The van der Waals surface area contributed by atoms with Crippen LogP contribution in [0.2, 0.25) is 0 Å². The van der Waals surface area contributed by atoms with Gasteiger partial charge in [-0.2, -0.15) is 0 Å². The number of allylic oxidation sites excluding steroid dienone is 6. The number of aliphatic hydroxyl groups excluding tert-OH is 1. The van der Waals surface area contributed by atoms with Crippen molar-refractivity contribution in [2.24, 2.45) is 0 Å². The first-order valence-electron chi connectivity index (χ1n) is 18.0. The van der Waals surface area contributed by atoms with E-state index in [1.807, 2.05) is 6.92 Å². The van der Waals surface area contributed by atoms with Crippen LogP contribution in [-0.4, -0.2) is 54.3 Å². The van der Waals surface area contributed by atoms with Crippen molar-refractivity contribution < 1.29 is 37.9 Å². The first-order valence-corrected chi connectivity index (χ1v) is 19.5. The monoisotopic (exact) mass is 671 g/mol. The molecule has 0 rings (SSSR count). The molecule has 0 radical (unpaired) electrons. The Bertz CT molecular complexity index is 861. The van der Waals surface area contributed by atoms with Gasteiger partial charge in [0.1, 0.15) is 12.7 Å². The van der Waals surface area contributed by atoms with E-state index < -0.39 is 26.5 Å². The lowest BCUT2D eigenvalue weighted by atomic mass is 10.1. The molecule has 0 aromatic heterocycles. The minimum Gasteiger partial charge on any atom is -0.463 e. The fourth-order valence-electron chi connectivity index (χ4n) is 4.54. The third-order valence-corrected chi connectivity index (χ3v) is 8.31. The van der Waals surface area contributed by atoms with Gasteiger partial charge in [0.15, 0.2) is 0 Å². The highest BCUT2D eigenvalue weighted by Crippen LogP contribution is 2.42. The summed E-state index contributed by atoms with van der Waals surface area (Å²) in [5, 5.41) is 12.5. The predicted octanol–water partition coefficient (Wildman–Crippen LogP) is 9.04. The number of esters is 1. The molecular formula is C36H66NO8P. The molecule has 3 N–H and O–H groups in total. The number of phosphoric acid groups is 1. The lowest BCUT2D eigenvalue weighted by molar-refractivity contribution is -0.147. The number of hydrogen-bond donors (Lipinski definition) is 3. The molecule has 0 spiro atoms. The maximum Gasteiger partial charge on any atom is 0.472 e. The van der Waals surface area contributed by atoms with Crippen LogP contribution in [0.3, 0.4) is 0 Å². The number of unbranched alkanes of at least 4 members (excludes halogenated alkanes) is 14. The molecule has 0 saturated carbocycles. The zero-order chi connectivity index (χ0) is 34.0. The third-order valence-electron chi connectivity index (χ3n) is 7.32. The SMILES string of the molecule is CCCCC/C=C\C/C=C\C/C=C\CCCCCCCCCCCCC(=O)OCC(O)COP(=O)(O)OCCNC(=O)CCCC. The molecule has 10 heteroatoms. The summed E-state index contributed by atoms with van der Waals surface area (Å²) < 4.78 is 26.4. The summed E-state index contributed by atoms with van der Waals surface area (Å²) in [6, 6.07) is 0. The number of amides is 1. The molecule has 46 heavy (non-hydrogen) atoms. The second-order valence-electron chi connectivity index (χ2n) is 11.8. The first-order chi connectivity index (χ1) is 22.3. The largest absolute Gasteiger partial charge is 0.472 e. The van der Waals surface area contributed by atoms with Crippen molar-refractivity contribution in [3.05, 3.63) is 36.5 Å². The molecule has 0 aliphatic carbocycles. The molecule has 2 unspecified atom stereocenters. The van der Waals surface area contributed by atoms with Crippen molar-refractivity contribution in [1.29, 1.82) is 0 Å². The Labute approximate surface area is 280 Å². The molecule has 1 amide bonds. The molecule has 0 aliphatic rings. The van der Waals surface area contributed by atoms with Crippen LogP contribution in [0.5, 0.6) is 0 Å². The normalized spacial score (nSPS) is 13.9. The Morgan fingerprint density at radius 1 is 0.674 bits per heavy atom. The minimum absolute atomic E-state index is 0.0752. The molecule has 268 valence electrons. The van der Waals surface area contributed by atoms with Gasteiger partial charge in [0, 0.05) is 19.4 Å². The Balaban J connectivity index is 3.54. The van der Waals surface area contributed by atoms with E-state index in [4.69, 9.17) is 13.8 Å². The summed E-state index contributed by atoms with van der Waals surface area (Å²) in [5.74, 6) is -0.559. The van der Waals surface area contributed by atoms with Crippen molar-refractivity contribution in [1.82, 2.24) is 5.32 Å². The summed E-state index contributed by atoms with van der Waals surface area (Å²) in [5.41, 5.74) is 0. The van der Waals surface area contributed by atoms with Gasteiger partial charge in [-0.15, -0.1) is 0 Å². The maximum atomic E-state index is 11.9. The van der Waals surface area contributed by atoms with Gasteiger partial charge >= 0.3 is 13.8 Å². The summed E-state index contributed by atoms with van der Waals surface area (Å²) >= 11 is 0. The van der Waals surface area contributed by atoms with Crippen LogP contribution in [-0.2, 0) is 27.9 Å². The van der Waals surface area contributed by atoms with Crippen molar-refractivity contribution in [2.45, 2.75) is 155 Å². The van der Waals surface area contributed by atoms with E-state index in [1.54, 1.807) is 0 Å². The smallest absolute Gasteiger partial charge is 0.463 e. The maximum absolute atomic E-state index is 11.9. The van der Waals surface area contributed by atoms with Gasteiger partial charge in [-0.1, -0.05) is 121 Å². The Morgan fingerprint density at radius 3 is 1.78 bits per heavy atom. The van der Waals surface area contributed by atoms with Gasteiger partial charge in [0.05, 0.1) is 13.2 Å². The van der Waals surface area contributed by atoms with Crippen LogP contribution in [0, 0.1) is 0 Å². The molecule has 0 aromatic rings. The predicted molar refractivity (Wildman–Crippen MR) is 187 cm³/mol. The standard InChI is InChI=1S/C36H66NO8P/c1-3-5-7-8-9-10-11-12-13-14-15-16-17-18-19-20-21-22-23-24-25-26-27-29-36(40)43-32-34(38)33-45-46(41,42)44-31-30-37-35(39)28-6-4-2/h9-10,12-13,15-16,34,38H,3-8,11,14,17-33H2,1-2H3,(H,37,39)(H,41,42)/b10-9-,13-12-,16-15-. The highest BCUT2D eigenvalue weighted by Gasteiger charge is 2.23. The van der Waals surface area contributed by atoms with E-state index in [2.05, 4.69) is 48.7 Å². The fourth-order valence-corrected chi connectivity index (χ4v) is 5.30. The molecule has 0 aromatic carbocycles. The van der Waals surface area contributed by atoms with Gasteiger partial charge in [-0.05, 0) is 51.4 Å². The van der Waals surface area contributed by atoms with Crippen molar-refractivity contribution in [2.75, 3.05) is 26.4 Å². The number of carbonyl (C=O) groups is 2. The summed E-state index contributed by atoms with van der Waals surface area (Å²) in [6.07, 6.45) is 34.7. The summed E-state index contributed by atoms with van der Waals surface area (Å²) in [6.45, 7) is 3.25. The lowest BCUT2D eigenvalue weighted by Crippen LogP contribution is -2.27. The van der Waals surface area contributed by atoms with E-state index in [0.29, 0.717) is 6.42 Å². The summed E-state index contributed by atoms with van der Waals surface area (Å²) in [4.78, 5) is 33.1. The zero-order valence-electron chi connectivity index (χ0n) is 29.0. The quantitative estimate of drug-likeness (QED) is 0.0273. The Morgan fingerprint density at radius 2 is 1.20 bits per heavy atom. The number of carbonyl (C=O) groups excluding carboxylic acids is 2. The molecular weight excluding hydrogens is 605 g/mol. The Hall–Kier alpha value is -1.77. The number of nitrogens with one attached hydrogen (secondary N) is 1. The molecule has 0 fully saturated rings. The van der Waals surface area contributed by atoms with Crippen LogP contribution in [0.25, 0.3) is 0 Å². The fraction of sp³-hybridized carbons (Fsp3) is 0.778. The molecule has 0 aliphatic heterocycles. The van der Waals surface area contributed by atoms with E-state index >= 15 is 0 Å². The second kappa shape index (κ2) is 33.1. The van der Waals surface area contributed by atoms with Crippen LogP contribution < -0.4 is 5.32 Å². The molecule has 0 heterocycles. The zero-order valence-corrected chi connectivity index (χ0v) is 29.9. The van der Waals surface area contributed by atoms with Gasteiger partial charge in [0.25, 0.3) is 0 Å². The van der Waals surface area contributed by atoms with Crippen molar-refractivity contribution in [3.8, 4) is 0 Å². The van der Waals surface area contributed by atoms with Crippen LogP contribution in [0.4, 0.5) is 0 Å². The minimum atomic E-state index is -4.39. The van der Waals surface area contributed by atoms with Crippen LogP contribution in [0.1, 0.15) is 149 Å². The number of rotatable bonds is 33. The number of phosphoric ester groups is 1. The van der Waals surface area contributed by atoms with Gasteiger partial charge in [-0.3, -0.25) is 18.6 Å². The number of aliphatic hydroxyl groups is 1. The average molecular weight is 672 g/mol. The molecule has 2 atom stereocenters. The molecule has 0 bridgehead atoms. The molecule has 0 saturated heterocycles. The van der Waals surface area contributed by atoms with E-state index in [-0.39, 0.29) is 32.1 Å². The number of ether oxygens (including phenoxy) is 1. The van der Waals surface area contributed by atoms with Crippen molar-refractivity contribution >= 4 is 19.7 Å². The van der Waals surface area contributed by atoms with Gasteiger partial charge < -0.3 is 20.1 Å². The highest BCUT2D eigenvalue weighted by molar-refractivity contribution is 7.47. The first kappa shape index (κ1) is 44.2.